The van der Waals surface area contributed by atoms with Gasteiger partial charge in [-0.25, -0.2) is 4.39 Å². The van der Waals surface area contributed by atoms with Crippen molar-refractivity contribution in [2.75, 3.05) is 26.3 Å². The molecule has 1 aliphatic heterocycles. The lowest BCUT2D eigenvalue weighted by Gasteiger charge is -2.23. The minimum atomic E-state index is -0.716. The summed E-state index contributed by atoms with van der Waals surface area (Å²) in [5.74, 6) is 0.102. The van der Waals surface area contributed by atoms with Gasteiger partial charge in [-0.2, -0.15) is 0 Å². The lowest BCUT2D eigenvalue weighted by atomic mass is 10.0. The quantitative estimate of drug-likeness (QED) is 0.874. The third-order valence-corrected chi connectivity index (χ3v) is 3.75. The van der Waals surface area contributed by atoms with E-state index in [-0.39, 0.29) is 5.02 Å². The fourth-order valence-electron chi connectivity index (χ4n) is 2.21. The van der Waals surface area contributed by atoms with Gasteiger partial charge in [-0.15, -0.1) is 0 Å². The summed E-state index contributed by atoms with van der Waals surface area (Å²) in [6.45, 7) is 2.91. The van der Waals surface area contributed by atoms with Gasteiger partial charge < -0.3 is 15.2 Å². The second-order valence-electron chi connectivity index (χ2n) is 4.90. The SMILES string of the molecule is OC(CNCC1CCOCC1)c1ccc(Cl)c(F)c1. The van der Waals surface area contributed by atoms with Gasteiger partial charge in [0.05, 0.1) is 11.1 Å². The van der Waals surface area contributed by atoms with E-state index in [4.69, 9.17) is 16.3 Å². The maximum atomic E-state index is 13.3. The minimum absolute atomic E-state index is 0.0751. The molecule has 0 amide bonds. The minimum Gasteiger partial charge on any atom is -0.387 e. The third-order valence-electron chi connectivity index (χ3n) is 3.44. The molecular weight excluding hydrogens is 269 g/mol. The molecule has 1 heterocycles. The van der Waals surface area contributed by atoms with E-state index >= 15 is 0 Å². The molecule has 19 heavy (non-hydrogen) atoms. The Kier molecular flexibility index (Phi) is 5.58. The smallest absolute Gasteiger partial charge is 0.142 e. The van der Waals surface area contributed by atoms with Crippen molar-refractivity contribution in [2.45, 2.75) is 18.9 Å². The van der Waals surface area contributed by atoms with Crippen LogP contribution in [0.3, 0.4) is 0 Å². The number of hydrogen-bond acceptors (Lipinski definition) is 3. The van der Waals surface area contributed by atoms with Gasteiger partial charge in [-0.05, 0) is 43.0 Å². The highest BCUT2D eigenvalue weighted by Gasteiger charge is 2.15. The topological polar surface area (TPSA) is 41.5 Å². The lowest BCUT2D eigenvalue weighted by Crippen LogP contribution is -2.30. The fraction of sp³-hybridized carbons (Fsp3) is 0.571. The van der Waals surface area contributed by atoms with E-state index in [9.17, 15) is 9.50 Å². The highest BCUT2D eigenvalue weighted by molar-refractivity contribution is 6.30. The molecule has 0 spiro atoms. The third kappa shape index (κ3) is 4.42. The Labute approximate surface area is 117 Å². The molecule has 1 unspecified atom stereocenters. The van der Waals surface area contributed by atoms with Crippen LogP contribution in [0, 0.1) is 11.7 Å². The molecule has 1 aliphatic rings. The Bertz CT molecular complexity index is 410. The number of aliphatic hydroxyl groups excluding tert-OH is 1. The largest absolute Gasteiger partial charge is 0.387 e. The highest BCUT2D eigenvalue weighted by Crippen LogP contribution is 2.20. The Morgan fingerprint density at radius 3 is 2.84 bits per heavy atom. The molecule has 0 saturated carbocycles. The average Bonchev–Trinajstić information content (AvgIpc) is 2.43. The van der Waals surface area contributed by atoms with Crippen LogP contribution in [0.25, 0.3) is 0 Å². The van der Waals surface area contributed by atoms with Gasteiger partial charge in [0.1, 0.15) is 5.82 Å². The molecule has 1 atom stereocenters. The van der Waals surface area contributed by atoms with Crippen molar-refractivity contribution < 1.29 is 14.2 Å². The molecule has 1 fully saturated rings. The van der Waals surface area contributed by atoms with E-state index in [0.29, 0.717) is 18.0 Å². The van der Waals surface area contributed by atoms with Crippen LogP contribution >= 0.6 is 11.6 Å². The molecule has 1 aromatic carbocycles. The first-order valence-electron chi connectivity index (χ1n) is 6.58. The second kappa shape index (κ2) is 7.20. The summed E-state index contributed by atoms with van der Waals surface area (Å²) < 4.78 is 18.6. The number of aliphatic hydroxyl groups is 1. The first-order chi connectivity index (χ1) is 9.16. The number of nitrogens with one attached hydrogen (secondary N) is 1. The Morgan fingerprint density at radius 2 is 2.16 bits per heavy atom. The number of ether oxygens (including phenoxy) is 1. The maximum absolute atomic E-state index is 13.3. The van der Waals surface area contributed by atoms with E-state index in [1.54, 1.807) is 6.07 Å². The summed E-state index contributed by atoms with van der Waals surface area (Å²) in [5.41, 5.74) is 0.543. The zero-order valence-corrected chi connectivity index (χ0v) is 11.5. The summed E-state index contributed by atoms with van der Waals surface area (Å²) in [6.07, 6.45) is 1.39. The van der Waals surface area contributed by atoms with Crippen LogP contribution in [0.2, 0.25) is 5.02 Å². The van der Waals surface area contributed by atoms with Gasteiger partial charge in [0.2, 0.25) is 0 Å². The van der Waals surface area contributed by atoms with Crippen molar-refractivity contribution in [1.82, 2.24) is 5.32 Å². The molecule has 5 heteroatoms. The van der Waals surface area contributed by atoms with Gasteiger partial charge >= 0.3 is 0 Å². The fourth-order valence-corrected chi connectivity index (χ4v) is 2.33. The molecule has 0 aliphatic carbocycles. The van der Waals surface area contributed by atoms with Crippen molar-refractivity contribution in [1.29, 1.82) is 0 Å². The molecule has 2 rings (SSSR count). The van der Waals surface area contributed by atoms with Crippen LogP contribution in [0.5, 0.6) is 0 Å². The summed E-state index contributed by atoms with van der Waals surface area (Å²) in [7, 11) is 0. The average molecular weight is 288 g/mol. The second-order valence-corrected chi connectivity index (χ2v) is 5.31. The number of rotatable bonds is 5. The van der Waals surface area contributed by atoms with Gasteiger partial charge in [0.15, 0.2) is 0 Å². The van der Waals surface area contributed by atoms with E-state index in [1.165, 1.54) is 12.1 Å². The standard InChI is InChI=1S/C14H19ClFNO2/c15-12-2-1-11(7-13(12)16)14(18)9-17-8-10-3-5-19-6-4-10/h1-2,7,10,14,17-18H,3-6,8-9H2. The number of halogens is 2. The van der Waals surface area contributed by atoms with Crippen LogP contribution in [0.4, 0.5) is 4.39 Å². The van der Waals surface area contributed by atoms with Crippen molar-refractivity contribution in [3.8, 4) is 0 Å². The normalized spacial score (nSPS) is 18.5. The van der Waals surface area contributed by atoms with Crippen molar-refractivity contribution in [2.24, 2.45) is 5.92 Å². The molecule has 0 aromatic heterocycles. The summed E-state index contributed by atoms with van der Waals surface area (Å²) >= 11 is 5.61. The zero-order valence-electron chi connectivity index (χ0n) is 10.7. The van der Waals surface area contributed by atoms with E-state index < -0.39 is 11.9 Å². The van der Waals surface area contributed by atoms with Gasteiger partial charge in [0.25, 0.3) is 0 Å². The highest BCUT2D eigenvalue weighted by atomic mass is 35.5. The van der Waals surface area contributed by atoms with Crippen LogP contribution < -0.4 is 5.32 Å². The van der Waals surface area contributed by atoms with Crippen LogP contribution in [0.15, 0.2) is 18.2 Å². The zero-order chi connectivity index (χ0) is 13.7. The van der Waals surface area contributed by atoms with Gasteiger partial charge in [-0.3, -0.25) is 0 Å². The number of hydrogen-bond donors (Lipinski definition) is 2. The van der Waals surface area contributed by atoms with Gasteiger partial charge in [0, 0.05) is 19.8 Å². The summed E-state index contributed by atoms with van der Waals surface area (Å²) in [4.78, 5) is 0. The molecule has 1 saturated heterocycles. The molecule has 3 nitrogen and oxygen atoms in total. The van der Waals surface area contributed by atoms with Crippen LogP contribution in [-0.4, -0.2) is 31.4 Å². The monoisotopic (exact) mass is 287 g/mol. The Morgan fingerprint density at radius 1 is 1.42 bits per heavy atom. The summed E-state index contributed by atoms with van der Waals surface area (Å²) in [6, 6.07) is 4.39. The Hall–Kier alpha value is -0.680. The van der Waals surface area contributed by atoms with Gasteiger partial charge in [-0.1, -0.05) is 17.7 Å². The van der Waals surface area contributed by atoms with Crippen molar-refractivity contribution in [3.05, 3.63) is 34.6 Å². The number of benzene rings is 1. The first kappa shape index (κ1) is 14.7. The molecule has 1 aromatic rings. The van der Waals surface area contributed by atoms with Crippen molar-refractivity contribution >= 4 is 11.6 Å². The molecule has 2 N–H and O–H groups in total. The first-order valence-corrected chi connectivity index (χ1v) is 6.96. The molecule has 0 bridgehead atoms. The molecule has 106 valence electrons. The van der Waals surface area contributed by atoms with Crippen LogP contribution in [0.1, 0.15) is 24.5 Å². The van der Waals surface area contributed by atoms with Crippen LogP contribution in [-0.2, 0) is 4.74 Å². The maximum Gasteiger partial charge on any atom is 0.142 e. The molecule has 0 radical (unpaired) electrons. The predicted molar refractivity (Wildman–Crippen MR) is 72.8 cm³/mol. The summed E-state index contributed by atoms with van der Waals surface area (Å²) in [5, 5.41) is 13.3. The molecular formula is C14H19ClFNO2. The van der Waals surface area contributed by atoms with E-state index in [1.807, 2.05) is 0 Å². The lowest BCUT2D eigenvalue weighted by molar-refractivity contribution is 0.0649. The van der Waals surface area contributed by atoms with E-state index in [0.717, 1.165) is 32.6 Å². The van der Waals surface area contributed by atoms with Crippen molar-refractivity contribution in [3.63, 3.8) is 0 Å². The predicted octanol–water partition coefficient (Wildman–Crippen LogP) is 2.53. The van der Waals surface area contributed by atoms with E-state index in [2.05, 4.69) is 5.32 Å². The Balaban J connectivity index is 1.76.